The summed E-state index contributed by atoms with van der Waals surface area (Å²) in [5, 5.41) is 15.4. The van der Waals surface area contributed by atoms with Crippen LogP contribution in [-0.2, 0) is 6.54 Å². The lowest BCUT2D eigenvalue weighted by Crippen LogP contribution is -2.26. The fourth-order valence-corrected chi connectivity index (χ4v) is 2.48. The minimum absolute atomic E-state index is 0.498. The van der Waals surface area contributed by atoms with Crippen molar-refractivity contribution in [1.82, 2.24) is 25.5 Å². The Kier molecular flexibility index (Phi) is 3.88. The van der Waals surface area contributed by atoms with E-state index >= 15 is 0 Å². The van der Waals surface area contributed by atoms with Gasteiger partial charge >= 0.3 is 0 Å². The zero-order chi connectivity index (χ0) is 11.4. The second-order valence-corrected chi connectivity index (χ2v) is 4.65. The maximum Gasteiger partial charge on any atom is 0.165 e. The van der Waals surface area contributed by atoms with E-state index in [0.717, 1.165) is 18.9 Å². The van der Waals surface area contributed by atoms with Crippen molar-refractivity contribution in [2.75, 3.05) is 6.54 Å². The minimum Gasteiger partial charge on any atom is -0.310 e. The normalized spacial score (nSPS) is 25.9. The highest BCUT2D eigenvalue weighted by molar-refractivity contribution is 4.87. The molecule has 5 heteroatoms. The van der Waals surface area contributed by atoms with E-state index in [2.05, 4.69) is 34.7 Å². The summed E-state index contributed by atoms with van der Waals surface area (Å²) in [5.74, 6) is 1.67. The van der Waals surface area contributed by atoms with Gasteiger partial charge in [-0.25, -0.2) is 4.68 Å². The summed E-state index contributed by atoms with van der Waals surface area (Å²) in [6, 6.07) is 0.498. The lowest BCUT2D eigenvalue weighted by molar-refractivity contribution is 0.231. The largest absolute Gasteiger partial charge is 0.310 e. The van der Waals surface area contributed by atoms with Crippen LogP contribution < -0.4 is 5.32 Å². The molecule has 0 aromatic carbocycles. The Morgan fingerprint density at radius 1 is 1.38 bits per heavy atom. The van der Waals surface area contributed by atoms with Gasteiger partial charge in [-0.2, -0.15) is 0 Å². The Hall–Kier alpha value is -0.970. The first-order chi connectivity index (χ1) is 7.83. The van der Waals surface area contributed by atoms with Gasteiger partial charge in [0.15, 0.2) is 5.82 Å². The third kappa shape index (κ3) is 2.40. The number of nitrogens with one attached hydrogen (secondary N) is 1. The molecule has 90 valence electrons. The molecule has 1 N–H and O–H groups in total. The first-order valence-corrected chi connectivity index (χ1v) is 6.30. The maximum absolute atomic E-state index is 4.16. The highest BCUT2D eigenvalue weighted by Gasteiger charge is 2.25. The molecular weight excluding hydrogens is 202 g/mol. The van der Waals surface area contributed by atoms with E-state index in [4.69, 9.17) is 0 Å². The molecule has 2 atom stereocenters. The Labute approximate surface area is 96.6 Å². The van der Waals surface area contributed by atoms with E-state index in [1.807, 2.05) is 4.68 Å². The summed E-state index contributed by atoms with van der Waals surface area (Å²) in [6.45, 7) is 6.12. The second-order valence-electron chi connectivity index (χ2n) is 4.65. The Morgan fingerprint density at radius 3 is 2.94 bits per heavy atom. The van der Waals surface area contributed by atoms with Gasteiger partial charge in [0.25, 0.3) is 0 Å². The summed E-state index contributed by atoms with van der Waals surface area (Å²) >= 11 is 0. The molecule has 1 saturated carbocycles. The molecule has 16 heavy (non-hydrogen) atoms. The number of tetrazole rings is 1. The van der Waals surface area contributed by atoms with Crippen molar-refractivity contribution in [3.63, 3.8) is 0 Å². The van der Waals surface area contributed by atoms with E-state index in [1.54, 1.807) is 0 Å². The van der Waals surface area contributed by atoms with Gasteiger partial charge < -0.3 is 5.32 Å². The van der Waals surface area contributed by atoms with E-state index in [-0.39, 0.29) is 0 Å². The van der Waals surface area contributed by atoms with Crippen molar-refractivity contribution in [3.05, 3.63) is 5.82 Å². The number of hydrogen-bond donors (Lipinski definition) is 1. The molecule has 0 radical (unpaired) electrons. The summed E-state index contributed by atoms with van der Waals surface area (Å²) in [4.78, 5) is 0. The summed E-state index contributed by atoms with van der Waals surface area (Å²) < 4.78 is 2.03. The Morgan fingerprint density at radius 2 is 2.19 bits per heavy atom. The van der Waals surface area contributed by atoms with Crippen molar-refractivity contribution in [2.24, 2.45) is 5.92 Å². The fraction of sp³-hybridized carbons (Fsp3) is 0.909. The summed E-state index contributed by atoms with van der Waals surface area (Å²) in [6.07, 6.45) is 5.16. The first kappa shape index (κ1) is 11.5. The molecule has 0 saturated heterocycles. The molecule has 0 aliphatic heterocycles. The van der Waals surface area contributed by atoms with Gasteiger partial charge in [0, 0.05) is 0 Å². The zero-order valence-electron chi connectivity index (χ0n) is 10.2. The fourth-order valence-electron chi connectivity index (χ4n) is 2.48. The topological polar surface area (TPSA) is 55.6 Å². The third-order valence-corrected chi connectivity index (χ3v) is 3.47. The lowest BCUT2D eigenvalue weighted by Gasteiger charge is -2.29. The molecule has 0 bridgehead atoms. The average molecular weight is 223 g/mol. The number of hydrogen-bond acceptors (Lipinski definition) is 4. The SMILES string of the molecule is CCNCc1nnnn1C1CCCCC1C. The number of nitrogens with zero attached hydrogens (tertiary/aromatic N) is 4. The molecule has 5 nitrogen and oxygen atoms in total. The predicted molar refractivity (Wildman–Crippen MR) is 61.9 cm³/mol. The van der Waals surface area contributed by atoms with Crippen molar-refractivity contribution in [3.8, 4) is 0 Å². The number of rotatable bonds is 4. The molecule has 1 aliphatic rings. The quantitative estimate of drug-likeness (QED) is 0.841. The van der Waals surface area contributed by atoms with Gasteiger partial charge in [-0.15, -0.1) is 5.10 Å². The van der Waals surface area contributed by atoms with Crippen LogP contribution in [0.3, 0.4) is 0 Å². The average Bonchev–Trinajstić information content (AvgIpc) is 2.75. The summed E-state index contributed by atoms with van der Waals surface area (Å²) in [5.41, 5.74) is 0. The molecular formula is C11H21N5. The van der Waals surface area contributed by atoms with E-state index in [9.17, 15) is 0 Å². The minimum atomic E-state index is 0.498. The molecule has 1 aromatic heterocycles. The molecule has 2 rings (SSSR count). The molecule has 1 aromatic rings. The highest BCUT2D eigenvalue weighted by atomic mass is 15.6. The highest BCUT2D eigenvalue weighted by Crippen LogP contribution is 2.33. The molecule has 1 heterocycles. The van der Waals surface area contributed by atoms with Gasteiger partial charge in [0.05, 0.1) is 12.6 Å². The Balaban J connectivity index is 2.09. The van der Waals surface area contributed by atoms with Crippen LogP contribution in [0.25, 0.3) is 0 Å². The summed E-state index contributed by atoms with van der Waals surface area (Å²) in [7, 11) is 0. The molecule has 0 amide bonds. The number of aromatic nitrogens is 4. The van der Waals surface area contributed by atoms with Crippen LogP contribution in [0.15, 0.2) is 0 Å². The van der Waals surface area contributed by atoms with Crippen LogP contribution in [0.5, 0.6) is 0 Å². The van der Waals surface area contributed by atoms with Gasteiger partial charge in [-0.1, -0.05) is 26.7 Å². The molecule has 2 unspecified atom stereocenters. The Bertz CT molecular complexity index is 322. The first-order valence-electron chi connectivity index (χ1n) is 6.30. The third-order valence-electron chi connectivity index (χ3n) is 3.47. The van der Waals surface area contributed by atoms with E-state index < -0.39 is 0 Å². The monoisotopic (exact) mass is 223 g/mol. The molecule has 1 fully saturated rings. The zero-order valence-corrected chi connectivity index (χ0v) is 10.2. The standard InChI is InChI=1S/C11H21N5/c1-3-12-8-11-13-14-15-16(11)10-7-5-4-6-9(10)2/h9-10,12H,3-8H2,1-2H3. The predicted octanol–water partition coefficient (Wildman–Crippen LogP) is 1.53. The second kappa shape index (κ2) is 5.39. The van der Waals surface area contributed by atoms with Gasteiger partial charge in [-0.3, -0.25) is 0 Å². The van der Waals surface area contributed by atoms with Gasteiger partial charge in [0.2, 0.25) is 0 Å². The lowest BCUT2D eigenvalue weighted by atomic mass is 9.86. The van der Waals surface area contributed by atoms with Crippen LogP contribution in [-0.4, -0.2) is 26.8 Å². The van der Waals surface area contributed by atoms with Crippen LogP contribution in [0, 0.1) is 5.92 Å². The van der Waals surface area contributed by atoms with Crippen molar-refractivity contribution in [2.45, 2.75) is 52.1 Å². The van der Waals surface area contributed by atoms with Crippen molar-refractivity contribution in [1.29, 1.82) is 0 Å². The van der Waals surface area contributed by atoms with Crippen LogP contribution in [0.1, 0.15) is 51.4 Å². The van der Waals surface area contributed by atoms with Crippen molar-refractivity contribution < 1.29 is 0 Å². The maximum atomic E-state index is 4.16. The van der Waals surface area contributed by atoms with Gasteiger partial charge in [-0.05, 0) is 35.7 Å². The molecule has 0 spiro atoms. The van der Waals surface area contributed by atoms with Crippen molar-refractivity contribution >= 4 is 0 Å². The van der Waals surface area contributed by atoms with Crippen LogP contribution in [0.2, 0.25) is 0 Å². The van der Waals surface area contributed by atoms with E-state index in [0.29, 0.717) is 12.0 Å². The smallest absolute Gasteiger partial charge is 0.165 e. The van der Waals surface area contributed by atoms with E-state index in [1.165, 1.54) is 25.7 Å². The van der Waals surface area contributed by atoms with Gasteiger partial charge in [0.1, 0.15) is 0 Å². The molecule has 1 aliphatic carbocycles. The van der Waals surface area contributed by atoms with Crippen LogP contribution >= 0.6 is 0 Å². The van der Waals surface area contributed by atoms with Crippen LogP contribution in [0.4, 0.5) is 0 Å².